The second-order valence-electron chi connectivity index (χ2n) is 5.43. The van der Waals surface area contributed by atoms with Gasteiger partial charge in [-0.15, -0.1) is 0 Å². The molecule has 0 aromatic heterocycles. The molecule has 1 aliphatic heterocycles. The highest BCUT2D eigenvalue weighted by molar-refractivity contribution is 5.75. The van der Waals surface area contributed by atoms with Crippen LogP contribution in [0.4, 0.5) is 9.59 Å². The van der Waals surface area contributed by atoms with Crippen LogP contribution in [0.2, 0.25) is 0 Å². The van der Waals surface area contributed by atoms with Crippen LogP contribution in [0.15, 0.2) is 24.3 Å². The third-order valence-corrected chi connectivity index (χ3v) is 3.78. The molecule has 0 bridgehead atoms. The Morgan fingerprint density at radius 1 is 1.12 bits per heavy atom. The highest BCUT2D eigenvalue weighted by Crippen LogP contribution is 2.18. The van der Waals surface area contributed by atoms with Crippen molar-refractivity contribution in [2.75, 3.05) is 53.0 Å². The number of nitrogens with one attached hydrogen (secondary N) is 1. The van der Waals surface area contributed by atoms with Crippen LogP contribution in [0, 0.1) is 0 Å². The number of methoxy groups -OCH3 is 1. The topological polar surface area (TPSA) is 80.3 Å². The minimum atomic E-state index is -0.325. The molecule has 2 rings (SSSR count). The molecule has 0 radical (unpaired) electrons. The number of piperazine rings is 1. The number of hydrogen-bond donors (Lipinski definition) is 1. The molecule has 1 heterocycles. The van der Waals surface area contributed by atoms with Crippen LogP contribution in [-0.2, 0) is 4.74 Å². The Kier molecular flexibility index (Phi) is 7.18. The summed E-state index contributed by atoms with van der Waals surface area (Å²) in [6, 6.07) is 7.15. The summed E-state index contributed by atoms with van der Waals surface area (Å²) in [6.07, 6.45) is -0.325. The minimum Gasteiger partial charge on any atom is -0.497 e. The summed E-state index contributed by atoms with van der Waals surface area (Å²) in [4.78, 5) is 27.0. The fourth-order valence-electron chi connectivity index (χ4n) is 2.44. The molecule has 1 aromatic carbocycles. The van der Waals surface area contributed by atoms with Gasteiger partial charge in [-0.05, 0) is 19.1 Å². The zero-order chi connectivity index (χ0) is 18.1. The van der Waals surface area contributed by atoms with E-state index in [1.807, 2.05) is 18.2 Å². The van der Waals surface area contributed by atoms with Gasteiger partial charge in [0.2, 0.25) is 0 Å². The monoisotopic (exact) mass is 351 g/mol. The molecular weight excluding hydrogens is 326 g/mol. The van der Waals surface area contributed by atoms with Gasteiger partial charge in [0, 0.05) is 32.2 Å². The quantitative estimate of drug-likeness (QED) is 0.787. The number of urea groups is 1. The lowest BCUT2D eigenvalue weighted by Crippen LogP contribution is -2.53. The summed E-state index contributed by atoms with van der Waals surface area (Å²) < 4.78 is 15.7. The van der Waals surface area contributed by atoms with Crippen LogP contribution in [0.25, 0.3) is 0 Å². The molecule has 1 aliphatic rings. The van der Waals surface area contributed by atoms with Gasteiger partial charge in [-0.2, -0.15) is 0 Å². The number of benzene rings is 1. The Morgan fingerprint density at radius 2 is 1.80 bits per heavy atom. The van der Waals surface area contributed by atoms with Crippen molar-refractivity contribution < 1.29 is 23.8 Å². The van der Waals surface area contributed by atoms with E-state index in [4.69, 9.17) is 14.2 Å². The summed E-state index contributed by atoms with van der Waals surface area (Å²) in [5, 5.41) is 2.82. The number of nitrogens with zero attached hydrogens (tertiary/aromatic N) is 2. The van der Waals surface area contributed by atoms with Crippen molar-refractivity contribution in [3.8, 4) is 11.5 Å². The average molecular weight is 351 g/mol. The van der Waals surface area contributed by atoms with Crippen LogP contribution >= 0.6 is 0 Å². The first kappa shape index (κ1) is 18.7. The fraction of sp³-hybridized carbons (Fsp3) is 0.529. The molecule has 3 amide bonds. The largest absolute Gasteiger partial charge is 0.497 e. The normalized spacial score (nSPS) is 14.0. The van der Waals surface area contributed by atoms with Gasteiger partial charge in [0.05, 0.1) is 20.3 Å². The van der Waals surface area contributed by atoms with E-state index in [2.05, 4.69) is 5.32 Å². The zero-order valence-corrected chi connectivity index (χ0v) is 14.7. The fourth-order valence-corrected chi connectivity index (χ4v) is 2.44. The lowest BCUT2D eigenvalue weighted by Gasteiger charge is -2.33. The second-order valence-corrected chi connectivity index (χ2v) is 5.43. The predicted molar refractivity (Wildman–Crippen MR) is 92.1 cm³/mol. The number of carbonyl (C=O) groups excluding carboxylic acids is 2. The summed E-state index contributed by atoms with van der Waals surface area (Å²) >= 11 is 0. The molecule has 8 nitrogen and oxygen atoms in total. The summed E-state index contributed by atoms with van der Waals surface area (Å²) in [6.45, 7) is 4.82. The summed E-state index contributed by atoms with van der Waals surface area (Å²) in [7, 11) is 1.60. The van der Waals surface area contributed by atoms with Crippen molar-refractivity contribution in [2.45, 2.75) is 6.92 Å². The van der Waals surface area contributed by atoms with E-state index >= 15 is 0 Å². The second kappa shape index (κ2) is 9.61. The smallest absolute Gasteiger partial charge is 0.409 e. The minimum absolute atomic E-state index is 0.155. The molecule has 1 N–H and O–H groups in total. The van der Waals surface area contributed by atoms with Crippen molar-refractivity contribution in [2.24, 2.45) is 0 Å². The molecule has 1 aromatic rings. The Labute approximate surface area is 147 Å². The van der Waals surface area contributed by atoms with Gasteiger partial charge >= 0.3 is 12.1 Å². The van der Waals surface area contributed by atoms with E-state index in [1.165, 1.54) is 0 Å². The van der Waals surface area contributed by atoms with Crippen molar-refractivity contribution in [1.29, 1.82) is 0 Å². The molecule has 0 aliphatic carbocycles. The maximum atomic E-state index is 12.1. The van der Waals surface area contributed by atoms with Crippen LogP contribution in [0.5, 0.6) is 11.5 Å². The first-order chi connectivity index (χ1) is 12.1. The maximum Gasteiger partial charge on any atom is 0.409 e. The lowest BCUT2D eigenvalue weighted by molar-refractivity contribution is 0.0851. The van der Waals surface area contributed by atoms with Crippen molar-refractivity contribution in [1.82, 2.24) is 15.1 Å². The molecule has 0 spiro atoms. The molecule has 138 valence electrons. The predicted octanol–water partition coefficient (Wildman–Crippen LogP) is 1.56. The van der Waals surface area contributed by atoms with Gasteiger partial charge < -0.3 is 29.3 Å². The van der Waals surface area contributed by atoms with Gasteiger partial charge in [-0.25, -0.2) is 9.59 Å². The molecule has 0 saturated carbocycles. The SMILES string of the molecule is CCOC(=O)N1CCN(C(=O)NCCOc2cccc(OC)c2)CC1. The Bertz CT molecular complexity index is 573. The van der Waals surface area contributed by atoms with E-state index in [0.29, 0.717) is 51.7 Å². The first-order valence-corrected chi connectivity index (χ1v) is 8.35. The van der Waals surface area contributed by atoms with Crippen molar-refractivity contribution in [3.63, 3.8) is 0 Å². The van der Waals surface area contributed by atoms with Gasteiger partial charge in [0.25, 0.3) is 0 Å². The number of carbonyl (C=O) groups is 2. The van der Waals surface area contributed by atoms with Crippen LogP contribution < -0.4 is 14.8 Å². The summed E-state index contributed by atoms with van der Waals surface area (Å²) in [5.74, 6) is 1.41. The molecule has 0 unspecified atom stereocenters. The number of ether oxygens (including phenoxy) is 3. The van der Waals surface area contributed by atoms with Gasteiger partial charge in [-0.3, -0.25) is 0 Å². The van der Waals surface area contributed by atoms with Gasteiger partial charge in [0.15, 0.2) is 0 Å². The standard InChI is InChI=1S/C17H25N3O5/c1-3-24-17(22)20-10-8-19(9-11-20)16(21)18-7-12-25-15-6-4-5-14(13-15)23-2/h4-6,13H,3,7-12H2,1-2H3,(H,18,21). The lowest BCUT2D eigenvalue weighted by atomic mass is 10.3. The van der Waals surface area contributed by atoms with E-state index in [9.17, 15) is 9.59 Å². The molecule has 25 heavy (non-hydrogen) atoms. The molecule has 8 heteroatoms. The summed E-state index contributed by atoms with van der Waals surface area (Å²) in [5.41, 5.74) is 0. The Morgan fingerprint density at radius 3 is 2.48 bits per heavy atom. The number of rotatable bonds is 6. The van der Waals surface area contributed by atoms with E-state index in [0.717, 1.165) is 5.75 Å². The Hall–Kier alpha value is -2.64. The number of amides is 3. The highest BCUT2D eigenvalue weighted by Gasteiger charge is 2.24. The van der Waals surface area contributed by atoms with E-state index in [-0.39, 0.29) is 12.1 Å². The number of hydrogen-bond acceptors (Lipinski definition) is 5. The third-order valence-electron chi connectivity index (χ3n) is 3.78. The first-order valence-electron chi connectivity index (χ1n) is 8.35. The molecule has 0 atom stereocenters. The van der Waals surface area contributed by atoms with Crippen molar-refractivity contribution >= 4 is 12.1 Å². The average Bonchev–Trinajstić information content (AvgIpc) is 2.65. The van der Waals surface area contributed by atoms with Gasteiger partial charge in [-0.1, -0.05) is 6.07 Å². The van der Waals surface area contributed by atoms with Crippen molar-refractivity contribution in [3.05, 3.63) is 24.3 Å². The van der Waals surface area contributed by atoms with E-state index in [1.54, 1.807) is 29.9 Å². The van der Waals surface area contributed by atoms with Crippen LogP contribution in [0.1, 0.15) is 6.92 Å². The molecule has 1 fully saturated rings. The van der Waals surface area contributed by atoms with Gasteiger partial charge in [0.1, 0.15) is 18.1 Å². The zero-order valence-electron chi connectivity index (χ0n) is 14.7. The maximum absolute atomic E-state index is 12.1. The third kappa shape index (κ3) is 5.74. The Balaban J connectivity index is 1.65. The van der Waals surface area contributed by atoms with Crippen LogP contribution in [-0.4, -0.2) is 75.0 Å². The highest BCUT2D eigenvalue weighted by atomic mass is 16.6. The molecule has 1 saturated heterocycles. The van der Waals surface area contributed by atoms with Crippen LogP contribution in [0.3, 0.4) is 0 Å². The van der Waals surface area contributed by atoms with E-state index < -0.39 is 0 Å². The molecular formula is C17H25N3O5.